The lowest BCUT2D eigenvalue weighted by molar-refractivity contribution is -0.117. The zero-order valence-electron chi connectivity index (χ0n) is 5.26. The third kappa shape index (κ3) is 7.46. The molecule has 0 aromatic rings. The summed E-state index contributed by atoms with van der Waals surface area (Å²) < 4.78 is 0. The molecule has 0 rings (SSSR count). The molecule has 3 N–H and O–H groups in total. The number of rotatable bonds is 2. The molecule has 3 nitrogen and oxygen atoms in total. The van der Waals surface area contributed by atoms with Gasteiger partial charge in [-0.15, -0.1) is 12.4 Å². The first kappa shape index (κ1) is 11.3. The summed E-state index contributed by atoms with van der Waals surface area (Å²) in [6.45, 7) is 4.93. The normalized spacial score (nSPS) is 10.9. The Morgan fingerprint density at radius 3 is 2.44 bits per heavy atom. The zero-order chi connectivity index (χ0) is 6.57. The molecule has 1 unspecified atom stereocenters. The summed E-state index contributed by atoms with van der Waals surface area (Å²) in [4.78, 5) is 10.3. The van der Waals surface area contributed by atoms with E-state index in [0.717, 1.165) is 0 Å². The van der Waals surface area contributed by atoms with E-state index in [0.29, 0.717) is 0 Å². The van der Waals surface area contributed by atoms with E-state index in [9.17, 15) is 4.79 Å². The van der Waals surface area contributed by atoms with Gasteiger partial charge in [0.15, 0.2) is 0 Å². The number of hydrogen-bond donors (Lipinski definition) is 2. The monoisotopic (exact) mass is 150 g/mol. The third-order valence-electron chi connectivity index (χ3n) is 0.555. The highest BCUT2D eigenvalue weighted by Gasteiger charge is 1.93. The molecule has 1 atom stereocenters. The number of nitrogens with one attached hydrogen (secondary N) is 1. The van der Waals surface area contributed by atoms with Crippen molar-refractivity contribution in [1.29, 1.82) is 0 Å². The van der Waals surface area contributed by atoms with Gasteiger partial charge in [0, 0.05) is 0 Å². The Morgan fingerprint density at radius 2 is 2.33 bits per heavy atom. The Bertz CT molecular complexity index is 103. The summed E-state index contributed by atoms with van der Waals surface area (Å²) in [7, 11) is 0. The molecule has 4 heteroatoms. The van der Waals surface area contributed by atoms with Crippen LogP contribution in [0.4, 0.5) is 0 Å². The van der Waals surface area contributed by atoms with Crippen LogP contribution in [-0.4, -0.2) is 12.1 Å². The average Bonchev–Trinajstić information content (AvgIpc) is 1.65. The van der Waals surface area contributed by atoms with E-state index in [2.05, 4.69) is 11.9 Å². The molecule has 0 aliphatic rings. The SMILES string of the molecule is C=CC(=O)NC(C)N.Cl. The molecule has 0 aromatic heterocycles. The van der Waals surface area contributed by atoms with Gasteiger partial charge in [0.05, 0.1) is 6.17 Å². The maximum atomic E-state index is 10.3. The first-order valence-corrected chi connectivity index (χ1v) is 2.35. The van der Waals surface area contributed by atoms with Crippen LogP contribution < -0.4 is 11.1 Å². The minimum Gasteiger partial charge on any atom is -0.338 e. The van der Waals surface area contributed by atoms with E-state index in [1.54, 1.807) is 6.92 Å². The number of carbonyl (C=O) groups excluding carboxylic acids is 1. The zero-order valence-corrected chi connectivity index (χ0v) is 6.07. The van der Waals surface area contributed by atoms with Crippen LogP contribution in [-0.2, 0) is 4.79 Å². The van der Waals surface area contributed by atoms with E-state index >= 15 is 0 Å². The summed E-state index contributed by atoms with van der Waals surface area (Å²) in [5.41, 5.74) is 5.19. The van der Waals surface area contributed by atoms with Crippen LogP contribution >= 0.6 is 12.4 Å². The van der Waals surface area contributed by atoms with Crippen molar-refractivity contribution in [3.63, 3.8) is 0 Å². The van der Waals surface area contributed by atoms with Crippen molar-refractivity contribution in [1.82, 2.24) is 5.32 Å². The molecule has 0 heterocycles. The minimum absolute atomic E-state index is 0. The summed E-state index contributed by atoms with van der Waals surface area (Å²) in [6.07, 6.45) is 0.893. The van der Waals surface area contributed by atoms with Crippen LogP contribution in [0.5, 0.6) is 0 Å². The molecular formula is C5H11ClN2O. The Kier molecular flexibility index (Phi) is 7.01. The van der Waals surface area contributed by atoms with E-state index in [4.69, 9.17) is 5.73 Å². The lowest BCUT2D eigenvalue weighted by Crippen LogP contribution is -2.37. The van der Waals surface area contributed by atoms with Crippen molar-refractivity contribution in [3.8, 4) is 0 Å². The Hall–Kier alpha value is -0.540. The molecule has 54 valence electrons. The highest BCUT2D eigenvalue weighted by Crippen LogP contribution is 1.67. The van der Waals surface area contributed by atoms with Crippen LogP contribution in [0.15, 0.2) is 12.7 Å². The van der Waals surface area contributed by atoms with Crippen molar-refractivity contribution >= 4 is 18.3 Å². The van der Waals surface area contributed by atoms with Gasteiger partial charge in [-0.2, -0.15) is 0 Å². The molecule has 0 aliphatic heterocycles. The lowest BCUT2D eigenvalue weighted by atomic mass is 10.5. The van der Waals surface area contributed by atoms with E-state index in [1.165, 1.54) is 6.08 Å². The molecule has 1 amide bonds. The van der Waals surface area contributed by atoms with Crippen molar-refractivity contribution in [3.05, 3.63) is 12.7 Å². The van der Waals surface area contributed by atoms with Gasteiger partial charge in [0.1, 0.15) is 0 Å². The van der Waals surface area contributed by atoms with Crippen LogP contribution in [0, 0.1) is 0 Å². The van der Waals surface area contributed by atoms with Gasteiger partial charge < -0.3 is 11.1 Å². The summed E-state index contributed by atoms with van der Waals surface area (Å²) >= 11 is 0. The first-order chi connectivity index (χ1) is 3.66. The predicted molar refractivity (Wildman–Crippen MR) is 39.2 cm³/mol. The van der Waals surface area contributed by atoms with Gasteiger partial charge in [-0.3, -0.25) is 4.79 Å². The van der Waals surface area contributed by atoms with Crippen molar-refractivity contribution in [2.45, 2.75) is 13.1 Å². The maximum absolute atomic E-state index is 10.3. The fourth-order valence-electron chi connectivity index (χ4n) is 0.283. The van der Waals surface area contributed by atoms with Gasteiger partial charge in [-0.25, -0.2) is 0 Å². The van der Waals surface area contributed by atoms with E-state index < -0.39 is 0 Å². The number of halogens is 1. The minimum atomic E-state index is -0.291. The highest BCUT2D eigenvalue weighted by atomic mass is 35.5. The highest BCUT2D eigenvalue weighted by molar-refractivity contribution is 5.86. The molecule has 0 aliphatic carbocycles. The van der Waals surface area contributed by atoms with Crippen LogP contribution in [0.1, 0.15) is 6.92 Å². The quantitative estimate of drug-likeness (QED) is 0.431. The van der Waals surface area contributed by atoms with Crippen LogP contribution in [0.2, 0.25) is 0 Å². The number of carbonyl (C=O) groups is 1. The smallest absolute Gasteiger partial charge is 0.244 e. The molecule has 0 spiro atoms. The molecule has 0 aromatic carbocycles. The molecule has 0 radical (unpaired) electrons. The van der Waals surface area contributed by atoms with E-state index in [1.807, 2.05) is 0 Å². The van der Waals surface area contributed by atoms with Gasteiger partial charge >= 0.3 is 0 Å². The molecule has 0 saturated heterocycles. The van der Waals surface area contributed by atoms with Crippen LogP contribution in [0.25, 0.3) is 0 Å². The Balaban J connectivity index is 0. The molecule has 9 heavy (non-hydrogen) atoms. The van der Waals surface area contributed by atoms with Gasteiger partial charge in [0.2, 0.25) is 5.91 Å². The van der Waals surface area contributed by atoms with Crippen molar-refractivity contribution in [2.75, 3.05) is 0 Å². The summed E-state index contributed by atoms with van der Waals surface area (Å²) in [5.74, 6) is -0.236. The Labute approximate surface area is 60.7 Å². The molecule has 0 saturated carbocycles. The molecule has 0 fully saturated rings. The largest absolute Gasteiger partial charge is 0.338 e. The van der Waals surface area contributed by atoms with Gasteiger partial charge in [0.25, 0.3) is 0 Å². The summed E-state index contributed by atoms with van der Waals surface area (Å²) in [6, 6.07) is 0. The fourth-order valence-corrected chi connectivity index (χ4v) is 0.283. The second kappa shape index (κ2) is 5.59. The maximum Gasteiger partial charge on any atom is 0.244 e. The number of hydrogen-bond acceptors (Lipinski definition) is 2. The molecular weight excluding hydrogens is 140 g/mol. The predicted octanol–water partition coefficient (Wildman–Crippen LogP) is 0.0151. The van der Waals surface area contributed by atoms with Gasteiger partial charge in [-0.05, 0) is 13.0 Å². The van der Waals surface area contributed by atoms with Crippen molar-refractivity contribution in [2.24, 2.45) is 5.73 Å². The average molecular weight is 151 g/mol. The van der Waals surface area contributed by atoms with Gasteiger partial charge in [-0.1, -0.05) is 6.58 Å². The standard InChI is InChI=1S/C5H10N2O.ClH/c1-3-5(8)7-4(2)6;/h3-4H,1,6H2,2H3,(H,7,8);1H. The van der Waals surface area contributed by atoms with Crippen LogP contribution in [0.3, 0.4) is 0 Å². The molecule has 0 bridgehead atoms. The lowest BCUT2D eigenvalue weighted by Gasteiger charge is -2.03. The second-order valence-electron chi connectivity index (χ2n) is 1.50. The topological polar surface area (TPSA) is 55.1 Å². The summed E-state index contributed by atoms with van der Waals surface area (Å²) in [5, 5.41) is 2.41. The number of amides is 1. The fraction of sp³-hybridized carbons (Fsp3) is 0.400. The Morgan fingerprint density at radius 1 is 1.89 bits per heavy atom. The number of nitrogens with two attached hydrogens (primary N) is 1. The third-order valence-corrected chi connectivity index (χ3v) is 0.555. The first-order valence-electron chi connectivity index (χ1n) is 2.35. The van der Waals surface area contributed by atoms with Crippen molar-refractivity contribution < 1.29 is 4.79 Å². The van der Waals surface area contributed by atoms with E-state index in [-0.39, 0.29) is 24.5 Å². The second-order valence-corrected chi connectivity index (χ2v) is 1.50.